The Morgan fingerprint density at radius 3 is 2.75 bits per heavy atom. The first-order chi connectivity index (χ1) is 9.47. The number of rotatable bonds is 2. The number of carboxylic acid groups (broad SMARTS) is 1. The highest BCUT2D eigenvalue weighted by molar-refractivity contribution is 8.15. The topological polar surface area (TPSA) is 62.5 Å². The zero-order chi connectivity index (χ0) is 14.4. The van der Waals surface area contributed by atoms with Crippen molar-refractivity contribution in [3.8, 4) is 0 Å². The first-order valence-corrected chi connectivity index (χ1v) is 7.15. The number of aromatic nitrogens is 1. The molecule has 0 radical (unpaired) electrons. The number of fused-ring (bicyclic) bond motifs is 1. The third-order valence-corrected chi connectivity index (χ3v) is 4.83. The van der Waals surface area contributed by atoms with Gasteiger partial charge in [-0.3, -0.25) is 4.99 Å². The van der Waals surface area contributed by atoms with E-state index >= 15 is 0 Å². The first kappa shape index (κ1) is 13.4. The second-order valence-electron chi connectivity index (χ2n) is 3.95. The van der Waals surface area contributed by atoms with Crippen LogP contribution in [0.1, 0.15) is 5.01 Å². The molecule has 1 unspecified atom stereocenters. The van der Waals surface area contributed by atoms with Gasteiger partial charge in [0.2, 0.25) is 0 Å². The second kappa shape index (κ2) is 4.74. The van der Waals surface area contributed by atoms with Gasteiger partial charge in [0.1, 0.15) is 15.6 Å². The van der Waals surface area contributed by atoms with Crippen LogP contribution in [0.5, 0.6) is 0 Å². The summed E-state index contributed by atoms with van der Waals surface area (Å²) in [5.41, 5.74) is -0.272. The number of aliphatic imine (C=N–C) groups is 1. The normalized spacial score (nSPS) is 18.6. The maximum Gasteiger partial charge on any atom is 0.329 e. The summed E-state index contributed by atoms with van der Waals surface area (Å²) in [6.45, 7) is 0. The average molecular weight is 318 g/mol. The molecular formula is C11H5F3N2O2S2. The van der Waals surface area contributed by atoms with Crippen molar-refractivity contribution in [2.45, 2.75) is 6.04 Å². The number of nitrogens with zero attached hydrogens (tertiary/aromatic N) is 2. The molecule has 20 heavy (non-hydrogen) atoms. The number of carbonyl (C=O) groups is 1. The predicted molar refractivity (Wildman–Crippen MR) is 69.9 cm³/mol. The van der Waals surface area contributed by atoms with Crippen molar-refractivity contribution in [3.63, 3.8) is 0 Å². The number of thiazole rings is 1. The fourth-order valence-electron chi connectivity index (χ4n) is 1.68. The fourth-order valence-corrected chi connectivity index (χ4v) is 3.77. The Hall–Kier alpha value is -1.61. The van der Waals surface area contributed by atoms with Gasteiger partial charge in [0, 0.05) is 5.75 Å². The molecule has 0 amide bonds. The lowest BCUT2D eigenvalue weighted by atomic mass is 10.3. The van der Waals surface area contributed by atoms with Crippen LogP contribution in [0.3, 0.4) is 0 Å². The third kappa shape index (κ3) is 2.06. The quantitative estimate of drug-likeness (QED) is 0.865. The SMILES string of the molecule is O=C(O)C1CSC(c2nc3c(F)c(F)c(F)cc3s2)=N1. The molecule has 0 saturated heterocycles. The molecule has 1 N–H and O–H groups in total. The Balaban J connectivity index is 2.09. The van der Waals surface area contributed by atoms with Crippen LogP contribution >= 0.6 is 23.1 Å². The van der Waals surface area contributed by atoms with Crippen molar-refractivity contribution in [1.29, 1.82) is 0 Å². The van der Waals surface area contributed by atoms with E-state index in [1.54, 1.807) is 0 Å². The molecule has 4 nitrogen and oxygen atoms in total. The lowest BCUT2D eigenvalue weighted by Crippen LogP contribution is -2.17. The summed E-state index contributed by atoms with van der Waals surface area (Å²) in [5, 5.41) is 9.45. The lowest BCUT2D eigenvalue weighted by molar-refractivity contribution is -0.137. The van der Waals surface area contributed by atoms with Crippen molar-refractivity contribution >= 4 is 44.3 Å². The molecule has 1 aromatic carbocycles. The monoisotopic (exact) mass is 318 g/mol. The predicted octanol–water partition coefficient (Wildman–Crippen LogP) is 2.66. The van der Waals surface area contributed by atoms with E-state index in [9.17, 15) is 18.0 Å². The van der Waals surface area contributed by atoms with Gasteiger partial charge in [0.25, 0.3) is 0 Å². The summed E-state index contributed by atoms with van der Waals surface area (Å²) in [5.74, 6) is -5.00. The summed E-state index contributed by atoms with van der Waals surface area (Å²) in [6, 6.07) is -0.00984. The van der Waals surface area contributed by atoms with Crippen LogP contribution in [-0.4, -0.2) is 32.9 Å². The lowest BCUT2D eigenvalue weighted by Gasteiger charge is -1.94. The minimum absolute atomic E-state index is 0.151. The van der Waals surface area contributed by atoms with Crippen LogP contribution in [0.15, 0.2) is 11.1 Å². The van der Waals surface area contributed by atoms with E-state index in [1.807, 2.05) is 0 Å². The number of hydrogen-bond donors (Lipinski definition) is 1. The van der Waals surface area contributed by atoms with Crippen LogP contribution < -0.4 is 0 Å². The molecule has 0 spiro atoms. The maximum absolute atomic E-state index is 13.6. The van der Waals surface area contributed by atoms with Crippen molar-refractivity contribution in [1.82, 2.24) is 4.98 Å². The second-order valence-corrected chi connectivity index (χ2v) is 5.99. The summed E-state index contributed by atoms with van der Waals surface area (Å²) >= 11 is 2.11. The van der Waals surface area contributed by atoms with E-state index in [4.69, 9.17) is 5.11 Å². The molecule has 1 aliphatic heterocycles. The highest BCUT2D eigenvalue weighted by atomic mass is 32.2. The molecule has 1 aromatic heterocycles. The fraction of sp³-hybridized carbons (Fsp3) is 0.182. The molecule has 0 aliphatic carbocycles. The van der Waals surface area contributed by atoms with Crippen LogP contribution in [0, 0.1) is 17.5 Å². The van der Waals surface area contributed by atoms with E-state index in [0.29, 0.717) is 5.04 Å². The van der Waals surface area contributed by atoms with Gasteiger partial charge < -0.3 is 5.11 Å². The summed E-state index contributed by atoms with van der Waals surface area (Å²) < 4.78 is 39.9. The van der Waals surface area contributed by atoms with Gasteiger partial charge in [-0.2, -0.15) is 0 Å². The molecule has 9 heteroatoms. The Morgan fingerprint density at radius 1 is 1.35 bits per heavy atom. The van der Waals surface area contributed by atoms with Crippen LogP contribution in [0.2, 0.25) is 0 Å². The van der Waals surface area contributed by atoms with E-state index in [0.717, 1.165) is 17.4 Å². The van der Waals surface area contributed by atoms with E-state index in [-0.39, 0.29) is 21.0 Å². The molecule has 1 aliphatic rings. The van der Waals surface area contributed by atoms with Crippen molar-refractivity contribution < 1.29 is 23.1 Å². The molecule has 0 bridgehead atoms. The van der Waals surface area contributed by atoms with Gasteiger partial charge in [-0.15, -0.1) is 23.1 Å². The van der Waals surface area contributed by atoms with Crippen LogP contribution in [0.25, 0.3) is 10.2 Å². The van der Waals surface area contributed by atoms with Gasteiger partial charge >= 0.3 is 5.97 Å². The molecular weight excluding hydrogens is 313 g/mol. The van der Waals surface area contributed by atoms with Gasteiger partial charge in [0.05, 0.1) is 4.70 Å². The molecule has 104 valence electrons. The number of halogens is 3. The number of thioether (sulfide) groups is 1. The van der Waals surface area contributed by atoms with Crippen molar-refractivity contribution in [2.75, 3.05) is 5.75 Å². The third-order valence-electron chi connectivity index (χ3n) is 2.64. The number of benzene rings is 1. The van der Waals surface area contributed by atoms with Crippen molar-refractivity contribution in [2.24, 2.45) is 4.99 Å². The highest BCUT2D eigenvalue weighted by Crippen LogP contribution is 2.32. The van der Waals surface area contributed by atoms with Crippen LogP contribution in [0.4, 0.5) is 13.2 Å². The average Bonchev–Trinajstić information content (AvgIpc) is 3.01. The first-order valence-electron chi connectivity index (χ1n) is 5.35. The Kier molecular flexibility index (Phi) is 3.17. The van der Waals surface area contributed by atoms with Gasteiger partial charge in [-0.05, 0) is 6.07 Å². The summed E-state index contributed by atoms with van der Waals surface area (Å²) in [4.78, 5) is 18.6. The molecule has 2 aromatic rings. The van der Waals surface area contributed by atoms with Gasteiger partial charge in [-0.1, -0.05) is 0 Å². The minimum atomic E-state index is -1.57. The molecule has 2 heterocycles. The molecule has 0 fully saturated rings. The highest BCUT2D eigenvalue weighted by Gasteiger charge is 2.27. The minimum Gasteiger partial charge on any atom is -0.480 e. The van der Waals surface area contributed by atoms with Gasteiger partial charge in [0.15, 0.2) is 23.5 Å². The van der Waals surface area contributed by atoms with Gasteiger partial charge in [-0.25, -0.2) is 22.9 Å². The molecule has 0 saturated carbocycles. The zero-order valence-electron chi connectivity index (χ0n) is 9.56. The zero-order valence-corrected chi connectivity index (χ0v) is 11.2. The van der Waals surface area contributed by atoms with E-state index < -0.39 is 29.5 Å². The van der Waals surface area contributed by atoms with Crippen molar-refractivity contribution in [3.05, 3.63) is 28.5 Å². The van der Waals surface area contributed by atoms with E-state index in [2.05, 4.69) is 9.98 Å². The summed E-state index contributed by atoms with van der Waals surface area (Å²) in [7, 11) is 0. The number of hydrogen-bond acceptors (Lipinski definition) is 5. The Bertz CT molecular complexity index is 760. The van der Waals surface area contributed by atoms with Crippen LogP contribution in [-0.2, 0) is 4.79 Å². The number of carboxylic acids is 1. The largest absolute Gasteiger partial charge is 0.480 e. The molecule has 1 atom stereocenters. The number of aliphatic carboxylic acids is 1. The van der Waals surface area contributed by atoms with E-state index in [1.165, 1.54) is 11.8 Å². The Morgan fingerprint density at radius 2 is 2.10 bits per heavy atom. The summed E-state index contributed by atoms with van der Waals surface area (Å²) in [6.07, 6.45) is 0. The maximum atomic E-state index is 13.6. The smallest absolute Gasteiger partial charge is 0.329 e. The molecule has 3 rings (SSSR count). The Labute approximate surface area is 118 Å². The standard InChI is InChI=1S/C11H5F3N2O2S2/c12-3-1-5-8(7(14)6(3)13)16-10(20-5)9-15-4(2-19-9)11(17)18/h1,4H,2H2,(H,17,18).